The molecule has 4 N–H and O–H groups in total. The number of carbonyl (C=O) groups is 1. The number of methoxy groups -OCH3 is 1. The predicted octanol–water partition coefficient (Wildman–Crippen LogP) is 2.46. The molecule has 30 heavy (non-hydrogen) atoms. The smallest absolute Gasteiger partial charge is 0.318 e. The molecule has 1 aromatic heterocycles. The molecule has 0 saturated heterocycles. The van der Waals surface area contributed by atoms with E-state index in [0.717, 1.165) is 0 Å². The number of benzene rings is 2. The summed E-state index contributed by atoms with van der Waals surface area (Å²) >= 11 is 0. The molecular formula is C20H21N5O4S. The lowest BCUT2D eigenvalue weighted by molar-refractivity contribution is 0.254. The number of ether oxygens (including phenoxy) is 1. The average Bonchev–Trinajstić information content (AvgIpc) is 2.73. The first kappa shape index (κ1) is 21.1. The number of hydrogen-bond acceptors (Lipinski definition) is 7. The third-order valence-corrected chi connectivity index (χ3v) is 5.85. The largest absolute Gasteiger partial charge is 0.495 e. The number of aromatic nitrogens is 2. The maximum absolute atomic E-state index is 12.9. The van der Waals surface area contributed by atoms with E-state index >= 15 is 0 Å². The van der Waals surface area contributed by atoms with Crippen LogP contribution in [0.2, 0.25) is 0 Å². The maximum atomic E-state index is 12.9. The Labute approximate surface area is 174 Å². The highest BCUT2D eigenvalue weighted by molar-refractivity contribution is 7.90. The minimum Gasteiger partial charge on any atom is -0.495 e. The maximum Gasteiger partial charge on any atom is 0.318 e. The third kappa shape index (κ3) is 4.84. The lowest BCUT2D eigenvalue weighted by Crippen LogP contribution is -2.24. The molecule has 0 atom stereocenters. The number of carbonyl (C=O) groups excluding carboxylic acids is 1. The predicted molar refractivity (Wildman–Crippen MR) is 114 cm³/mol. The van der Waals surface area contributed by atoms with Gasteiger partial charge in [0.2, 0.25) is 0 Å². The SMILES string of the molecule is CNC(=O)Nc1ccc(-c2nc(N)cc(CS(=O)(=O)c3ccccc3OC)n2)cc1. The summed E-state index contributed by atoms with van der Waals surface area (Å²) in [6.45, 7) is 0. The van der Waals surface area contributed by atoms with E-state index < -0.39 is 9.84 Å². The quantitative estimate of drug-likeness (QED) is 0.550. The molecule has 0 bridgehead atoms. The van der Waals surface area contributed by atoms with E-state index in [2.05, 4.69) is 20.6 Å². The van der Waals surface area contributed by atoms with Crippen molar-refractivity contribution in [1.29, 1.82) is 0 Å². The van der Waals surface area contributed by atoms with Crippen molar-refractivity contribution >= 4 is 27.4 Å². The van der Waals surface area contributed by atoms with Gasteiger partial charge in [-0.25, -0.2) is 23.2 Å². The van der Waals surface area contributed by atoms with E-state index in [1.165, 1.54) is 26.3 Å². The highest BCUT2D eigenvalue weighted by Crippen LogP contribution is 2.27. The number of anilines is 2. The molecule has 156 valence electrons. The molecule has 3 aromatic rings. The van der Waals surface area contributed by atoms with Crippen LogP contribution in [0, 0.1) is 0 Å². The molecular weight excluding hydrogens is 406 g/mol. The molecule has 0 spiro atoms. The number of nitrogens with zero attached hydrogens (tertiary/aromatic N) is 2. The van der Waals surface area contributed by atoms with Crippen LogP contribution in [0.5, 0.6) is 5.75 Å². The number of rotatable bonds is 6. The Balaban J connectivity index is 1.89. The number of sulfone groups is 1. The van der Waals surface area contributed by atoms with Crippen LogP contribution in [0.25, 0.3) is 11.4 Å². The van der Waals surface area contributed by atoms with Crippen molar-refractivity contribution in [2.45, 2.75) is 10.6 Å². The Morgan fingerprint density at radius 1 is 1.10 bits per heavy atom. The van der Waals surface area contributed by atoms with E-state index in [1.807, 2.05) is 0 Å². The monoisotopic (exact) mass is 427 g/mol. The van der Waals surface area contributed by atoms with E-state index in [-0.39, 0.29) is 39.8 Å². The number of nitrogen functional groups attached to an aromatic ring is 1. The Kier molecular flexibility index (Phi) is 6.17. The van der Waals surface area contributed by atoms with E-state index in [4.69, 9.17) is 10.5 Å². The fourth-order valence-electron chi connectivity index (χ4n) is 2.77. The number of amides is 2. The first-order valence-electron chi connectivity index (χ1n) is 8.91. The van der Waals surface area contributed by atoms with Gasteiger partial charge in [0.1, 0.15) is 16.5 Å². The van der Waals surface area contributed by atoms with Crippen molar-refractivity contribution in [3.05, 3.63) is 60.3 Å². The van der Waals surface area contributed by atoms with Crippen molar-refractivity contribution in [2.75, 3.05) is 25.2 Å². The van der Waals surface area contributed by atoms with Crippen LogP contribution in [0.3, 0.4) is 0 Å². The first-order chi connectivity index (χ1) is 14.3. The zero-order chi connectivity index (χ0) is 21.7. The van der Waals surface area contributed by atoms with Gasteiger partial charge in [-0.05, 0) is 36.4 Å². The van der Waals surface area contributed by atoms with Crippen molar-refractivity contribution < 1.29 is 17.9 Å². The molecule has 9 nitrogen and oxygen atoms in total. The van der Waals surface area contributed by atoms with Crippen LogP contribution >= 0.6 is 0 Å². The minimum atomic E-state index is -3.72. The van der Waals surface area contributed by atoms with Gasteiger partial charge in [0.25, 0.3) is 0 Å². The molecule has 3 rings (SSSR count). The number of urea groups is 1. The molecule has 10 heteroatoms. The summed E-state index contributed by atoms with van der Waals surface area (Å²) in [5.74, 6) is 0.340. The van der Waals surface area contributed by atoms with E-state index in [1.54, 1.807) is 42.5 Å². The Bertz CT molecular complexity index is 1160. The van der Waals surface area contributed by atoms with Gasteiger partial charge in [-0.2, -0.15) is 0 Å². The second kappa shape index (κ2) is 8.78. The van der Waals surface area contributed by atoms with Crippen molar-refractivity contribution in [2.24, 2.45) is 0 Å². The van der Waals surface area contributed by atoms with Crippen molar-refractivity contribution in [3.63, 3.8) is 0 Å². The van der Waals surface area contributed by atoms with Gasteiger partial charge in [0.05, 0.1) is 18.6 Å². The number of nitrogens with one attached hydrogen (secondary N) is 2. The Morgan fingerprint density at radius 3 is 2.47 bits per heavy atom. The van der Waals surface area contributed by atoms with E-state index in [9.17, 15) is 13.2 Å². The second-order valence-electron chi connectivity index (χ2n) is 6.30. The van der Waals surface area contributed by atoms with Crippen molar-refractivity contribution in [3.8, 4) is 17.1 Å². The topological polar surface area (TPSA) is 136 Å². The summed E-state index contributed by atoms with van der Waals surface area (Å²) in [6.07, 6.45) is 0. The Morgan fingerprint density at radius 2 is 1.80 bits per heavy atom. The molecule has 0 aliphatic carbocycles. The van der Waals surface area contributed by atoms with Gasteiger partial charge in [0, 0.05) is 24.4 Å². The molecule has 0 aliphatic rings. The van der Waals surface area contributed by atoms with Crippen molar-refractivity contribution in [1.82, 2.24) is 15.3 Å². The van der Waals surface area contributed by atoms with Crippen LogP contribution in [0.1, 0.15) is 5.69 Å². The van der Waals surface area contributed by atoms with E-state index in [0.29, 0.717) is 11.3 Å². The zero-order valence-corrected chi connectivity index (χ0v) is 17.2. The number of para-hydroxylation sites is 1. The summed E-state index contributed by atoms with van der Waals surface area (Å²) in [5, 5.41) is 5.11. The number of hydrogen-bond donors (Lipinski definition) is 3. The summed E-state index contributed by atoms with van der Waals surface area (Å²) in [4.78, 5) is 20.0. The van der Waals surface area contributed by atoms with Crippen LogP contribution in [0.4, 0.5) is 16.3 Å². The fraction of sp³-hybridized carbons (Fsp3) is 0.150. The minimum absolute atomic E-state index is 0.0795. The molecule has 0 aliphatic heterocycles. The van der Waals surface area contributed by atoms with Gasteiger partial charge >= 0.3 is 6.03 Å². The number of nitrogens with two attached hydrogens (primary N) is 1. The normalized spacial score (nSPS) is 11.0. The second-order valence-corrected chi connectivity index (χ2v) is 8.26. The highest BCUT2D eigenvalue weighted by atomic mass is 32.2. The lowest BCUT2D eigenvalue weighted by atomic mass is 10.2. The summed E-state index contributed by atoms with van der Waals surface area (Å²) in [5.41, 5.74) is 7.36. The van der Waals surface area contributed by atoms with Crippen LogP contribution in [-0.4, -0.2) is 38.6 Å². The van der Waals surface area contributed by atoms with Gasteiger partial charge in [0.15, 0.2) is 15.7 Å². The lowest BCUT2D eigenvalue weighted by Gasteiger charge is -2.10. The zero-order valence-electron chi connectivity index (χ0n) is 16.4. The van der Waals surface area contributed by atoms with Gasteiger partial charge in [-0.3, -0.25) is 0 Å². The molecule has 1 heterocycles. The molecule has 0 saturated carbocycles. The summed E-state index contributed by atoms with van der Waals surface area (Å²) in [6, 6.07) is 14.3. The molecule has 2 aromatic carbocycles. The molecule has 0 unspecified atom stereocenters. The van der Waals surface area contributed by atoms with Crippen LogP contribution in [-0.2, 0) is 15.6 Å². The molecule has 2 amide bonds. The Hall–Kier alpha value is -3.66. The third-order valence-electron chi connectivity index (χ3n) is 4.17. The van der Waals surface area contributed by atoms with Gasteiger partial charge in [-0.15, -0.1) is 0 Å². The summed E-state index contributed by atoms with van der Waals surface area (Å²) < 4.78 is 30.9. The first-order valence-corrected chi connectivity index (χ1v) is 10.6. The van der Waals surface area contributed by atoms with Crippen LogP contribution in [0.15, 0.2) is 59.5 Å². The molecule has 0 radical (unpaired) electrons. The average molecular weight is 427 g/mol. The fourth-order valence-corrected chi connectivity index (χ4v) is 4.20. The van der Waals surface area contributed by atoms with Crippen LogP contribution < -0.4 is 21.1 Å². The van der Waals surface area contributed by atoms with Gasteiger partial charge in [-0.1, -0.05) is 12.1 Å². The standard InChI is InChI=1S/C20H21N5O4S/c1-22-20(26)24-14-9-7-13(8-10-14)19-23-15(11-18(21)25-19)12-30(27,28)17-6-4-3-5-16(17)29-2/h3-11H,12H2,1-2H3,(H2,21,23,25)(H2,22,24,26). The van der Waals surface area contributed by atoms with Gasteiger partial charge < -0.3 is 21.1 Å². The summed E-state index contributed by atoms with van der Waals surface area (Å²) in [7, 11) is -0.787. The molecule has 0 fully saturated rings. The highest BCUT2D eigenvalue weighted by Gasteiger charge is 2.21.